The molecule has 1 atom stereocenters. The monoisotopic (exact) mass is 203 g/mol. The van der Waals surface area contributed by atoms with Crippen molar-refractivity contribution in [2.75, 3.05) is 0 Å². The van der Waals surface area contributed by atoms with Crippen LogP contribution in [0.2, 0.25) is 0 Å². The molecule has 1 unspecified atom stereocenters. The molecular weight excluding hydrogens is 186 g/mol. The number of fused-ring (bicyclic) bond motifs is 1. The molecule has 2 heteroatoms. The Hall–Kier alpha value is -1.31. The Morgan fingerprint density at radius 1 is 1.33 bits per heavy atom. The molecule has 2 rings (SSSR count). The summed E-state index contributed by atoms with van der Waals surface area (Å²) in [4.78, 5) is 11.9. The topological polar surface area (TPSA) is 29.1 Å². The molecule has 1 N–H and O–H groups in total. The van der Waals surface area contributed by atoms with Crippen molar-refractivity contribution in [2.45, 2.75) is 32.7 Å². The van der Waals surface area contributed by atoms with Gasteiger partial charge in [0, 0.05) is 11.6 Å². The predicted molar refractivity (Wildman–Crippen MR) is 60.9 cm³/mol. The fraction of sp³-hybridized carbons (Fsp3) is 0.462. The average Bonchev–Trinajstić information content (AvgIpc) is 2.39. The molecule has 0 spiro atoms. The van der Waals surface area contributed by atoms with Crippen LogP contribution < -0.4 is 5.32 Å². The molecule has 0 aromatic heterocycles. The fourth-order valence-corrected chi connectivity index (χ4v) is 2.09. The van der Waals surface area contributed by atoms with Crippen LogP contribution in [-0.4, -0.2) is 11.9 Å². The SMILES string of the molecule is CC(C)C1CCc2ccccc2C(=O)N1. The van der Waals surface area contributed by atoms with Gasteiger partial charge in [-0.3, -0.25) is 4.79 Å². The third-order valence-corrected chi connectivity index (χ3v) is 3.11. The highest BCUT2D eigenvalue weighted by atomic mass is 16.1. The minimum Gasteiger partial charge on any atom is -0.349 e. The Bertz CT molecular complexity index is 371. The third-order valence-electron chi connectivity index (χ3n) is 3.11. The number of rotatable bonds is 1. The predicted octanol–water partition coefficient (Wildman–Crippen LogP) is 2.39. The molecule has 15 heavy (non-hydrogen) atoms. The molecule has 2 nitrogen and oxygen atoms in total. The van der Waals surface area contributed by atoms with Crippen LogP contribution in [0, 0.1) is 5.92 Å². The maximum Gasteiger partial charge on any atom is 0.251 e. The van der Waals surface area contributed by atoms with Gasteiger partial charge in [-0.15, -0.1) is 0 Å². The highest BCUT2D eigenvalue weighted by Crippen LogP contribution is 2.19. The largest absolute Gasteiger partial charge is 0.349 e. The van der Waals surface area contributed by atoms with Gasteiger partial charge in [0.25, 0.3) is 5.91 Å². The average molecular weight is 203 g/mol. The first kappa shape index (κ1) is 10.2. The summed E-state index contributed by atoms with van der Waals surface area (Å²) in [5.41, 5.74) is 2.03. The van der Waals surface area contributed by atoms with Crippen LogP contribution in [0.3, 0.4) is 0 Å². The first-order valence-electron chi connectivity index (χ1n) is 5.57. The van der Waals surface area contributed by atoms with Crippen molar-refractivity contribution in [1.82, 2.24) is 5.32 Å². The number of benzene rings is 1. The van der Waals surface area contributed by atoms with Crippen LogP contribution in [0.1, 0.15) is 36.2 Å². The zero-order valence-corrected chi connectivity index (χ0v) is 9.29. The first-order chi connectivity index (χ1) is 7.18. The van der Waals surface area contributed by atoms with Crippen molar-refractivity contribution in [3.05, 3.63) is 35.4 Å². The number of hydrogen-bond acceptors (Lipinski definition) is 1. The van der Waals surface area contributed by atoms with Crippen LogP contribution >= 0.6 is 0 Å². The summed E-state index contributed by atoms with van der Waals surface area (Å²) in [6, 6.07) is 8.20. The minimum absolute atomic E-state index is 0.0850. The van der Waals surface area contributed by atoms with E-state index in [0.29, 0.717) is 12.0 Å². The number of carbonyl (C=O) groups excluding carboxylic acids is 1. The van der Waals surface area contributed by atoms with E-state index in [2.05, 4.69) is 25.2 Å². The quantitative estimate of drug-likeness (QED) is 0.746. The van der Waals surface area contributed by atoms with E-state index < -0.39 is 0 Å². The Morgan fingerprint density at radius 2 is 2.07 bits per heavy atom. The van der Waals surface area contributed by atoms with Crippen molar-refractivity contribution < 1.29 is 4.79 Å². The molecule has 1 aromatic rings. The lowest BCUT2D eigenvalue weighted by molar-refractivity contribution is 0.0929. The molecule has 0 saturated carbocycles. The van der Waals surface area contributed by atoms with E-state index in [4.69, 9.17) is 0 Å². The molecule has 0 fully saturated rings. The Kier molecular flexibility index (Phi) is 2.76. The van der Waals surface area contributed by atoms with Gasteiger partial charge in [0.15, 0.2) is 0 Å². The highest BCUT2D eigenvalue weighted by Gasteiger charge is 2.22. The van der Waals surface area contributed by atoms with Crippen LogP contribution in [-0.2, 0) is 6.42 Å². The number of nitrogens with one attached hydrogen (secondary N) is 1. The number of carbonyl (C=O) groups is 1. The number of aryl methyl sites for hydroxylation is 1. The molecule has 0 saturated heterocycles. The van der Waals surface area contributed by atoms with Crippen LogP contribution in [0.15, 0.2) is 24.3 Å². The third kappa shape index (κ3) is 2.04. The number of amides is 1. The second-order valence-corrected chi connectivity index (χ2v) is 4.52. The Balaban J connectivity index is 2.28. The summed E-state index contributed by atoms with van der Waals surface area (Å²) in [5, 5.41) is 3.10. The van der Waals surface area contributed by atoms with Crippen molar-refractivity contribution in [2.24, 2.45) is 5.92 Å². The lowest BCUT2D eigenvalue weighted by Crippen LogP contribution is -2.37. The van der Waals surface area contributed by atoms with Crippen LogP contribution in [0.4, 0.5) is 0 Å². The normalized spacial score (nSPS) is 20.7. The molecule has 1 aliphatic rings. The van der Waals surface area contributed by atoms with Gasteiger partial charge in [-0.05, 0) is 30.4 Å². The molecule has 80 valence electrons. The molecule has 1 aliphatic heterocycles. The second-order valence-electron chi connectivity index (χ2n) is 4.52. The van der Waals surface area contributed by atoms with Gasteiger partial charge in [-0.25, -0.2) is 0 Å². The van der Waals surface area contributed by atoms with E-state index in [0.717, 1.165) is 18.4 Å². The fourth-order valence-electron chi connectivity index (χ4n) is 2.09. The van der Waals surface area contributed by atoms with Crippen molar-refractivity contribution in [3.63, 3.8) is 0 Å². The summed E-state index contributed by atoms with van der Waals surface area (Å²) < 4.78 is 0. The molecule has 0 bridgehead atoms. The van der Waals surface area contributed by atoms with E-state index in [-0.39, 0.29) is 5.91 Å². The standard InChI is InChI=1S/C13H17NO/c1-9(2)12-8-7-10-5-3-4-6-11(10)13(15)14-12/h3-6,9,12H,7-8H2,1-2H3,(H,14,15). The molecule has 1 aromatic carbocycles. The van der Waals surface area contributed by atoms with Crippen molar-refractivity contribution in [1.29, 1.82) is 0 Å². The zero-order valence-electron chi connectivity index (χ0n) is 9.29. The van der Waals surface area contributed by atoms with Crippen LogP contribution in [0.5, 0.6) is 0 Å². The minimum atomic E-state index is 0.0850. The van der Waals surface area contributed by atoms with Gasteiger partial charge < -0.3 is 5.32 Å². The summed E-state index contributed by atoms with van der Waals surface area (Å²) in [6.45, 7) is 4.31. The van der Waals surface area contributed by atoms with Gasteiger partial charge >= 0.3 is 0 Å². The Morgan fingerprint density at radius 3 is 2.80 bits per heavy atom. The first-order valence-corrected chi connectivity index (χ1v) is 5.57. The van der Waals surface area contributed by atoms with Gasteiger partial charge in [0.2, 0.25) is 0 Å². The molecule has 0 aliphatic carbocycles. The van der Waals surface area contributed by atoms with E-state index >= 15 is 0 Å². The molecule has 1 amide bonds. The molecule has 1 heterocycles. The van der Waals surface area contributed by atoms with Crippen LogP contribution in [0.25, 0.3) is 0 Å². The van der Waals surface area contributed by atoms with Gasteiger partial charge in [0.05, 0.1) is 0 Å². The lowest BCUT2D eigenvalue weighted by atomic mass is 9.97. The molecule has 0 radical (unpaired) electrons. The van der Waals surface area contributed by atoms with E-state index in [9.17, 15) is 4.79 Å². The van der Waals surface area contributed by atoms with Gasteiger partial charge in [-0.2, -0.15) is 0 Å². The van der Waals surface area contributed by atoms with Crippen molar-refractivity contribution in [3.8, 4) is 0 Å². The number of hydrogen-bond donors (Lipinski definition) is 1. The second kappa shape index (κ2) is 4.05. The summed E-state index contributed by atoms with van der Waals surface area (Å²) in [7, 11) is 0. The zero-order chi connectivity index (χ0) is 10.8. The summed E-state index contributed by atoms with van der Waals surface area (Å²) in [6.07, 6.45) is 2.04. The smallest absolute Gasteiger partial charge is 0.251 e. The van der Waals surface area contributed by atoms with E-state index in [1.165, 1.54) is 5.56 Å². The van der Waals surface area contributed by atoms with Gasteiger partial charge in [-0.1, -0.05) is 32.0 Å². The molecular formula is C13H17NO. The Labute approximate surface area is 90.7 Å². The maximum atomic E-state index is 11.9. The van der Waals surface area contributed by atoms with Crippen molar-refractivity contribution >= 4 is 5.91 Å². The summed E-state index contributed by atoms with van der Waals surface area (Å²) >= 11 is 0. The van der Waals surface area contributed by atoms with Gasteiger partial charge in [0.1, 0.15) is 0 Å². The lowest BCUT2D eigenvalue weighted by Gasteiger charge is -2.19. The highest BCUT2D eigenvalue weighted by molar-refractivity contribution is 5.96. The van der Waals surface area contributed by atoms with E-state index in [1.807, 2.05) is 18.2 Å². The van der Waals surface area contributed by atoms with E-state index in [1.54, 1.807) is 0 Å². The maximum absolute atomic E-state index is 11.9. The summed E-state index contributed by atoms with van der Waals surface area (Å²) in [5.74, 6) is 0.588.